The molecule has 98 valence electrons. The first-order chi connectivity index (χ1) is 8.40. The maximum absolute atomic E-state index is 5.54. The molecule has 3 unspecified atom stereocenters. The predicted molar refractivity (Wildman–Crippen MR) is 72.1 cm³/mol. The average molecular weight is 237 g/mol. The molecular formula is C15H27NO. The Morgan fingerprint density at radius 1 is 1.18 bits per heavy atom. The lowest BCUT2D eigenvalue weighted by Gasteiger charge is -2.18. The summed E-state index contributed by atoms with van der Waals surface area (Å²) < 4.78 is 5.54. The number of allylic oxidation sites excluding steroid dienone is 2. The van der Waals surface area contributed by atoms with Crippen LogP contribution in [0, 0.1) is 17.8 Å². The van der Waals surface area contributed by atoms with Crippen molar-refractivity contribution in [3.05, 3.63) is 12.2 Å². The number of unbranched alkanes of at least 4 members (excludes halogenated alkanes) is 1. The lowest BCUT2D eigenvalue weighted by atomic mass is 9.94. The maximum atomic E-state index is 5.54. The van der Waals surface area contributed by atoms with Crippen LogP contribution >= 0.6 is 0 Å². The van der Waals surface area contributed by atoms with E-state index in [1.165, 1.54) is 32.2 Å². The summed E-state index contributed by atoms with van der Waals surface area (Å²) in [7, 11) is 0. The Balaban J connectivity index is 1.41. The minimum absolute atomic E-state index is 0.883. The largest absolute Gasteiger partial charge is 0.381 e. The second-order valence-corrected chi connectivity index (χ2v) is 5.56. The lowest BCUT2D eigenvalue weighted by Crippen LogP contribution is -2.26. The van der Waals surface area contributed by atoms with Gasteiger partial charge in [-0.25, -0.2) is 0 Å². The molecule has 17 heavy (non-hydrogen) atoms. The van der Waals surface area contributed by atoms with Gasteiger partial charge in [-0.05, 0) is 56.5 Å². The SMILES string of the molecule is CCCCOCCCNCC1CC2C=CC1C2. The third-order valence-electron chi connectivity index (χ3n) is 4.11. The molecule has 0 radical (unpaired) electrons. The third-order valence-corrected chi connectivity index (χ3v) is 4.11. The van der Waals surface area contributed by atoms with Crippen molar-refractivity contribution >= 4 is 0 Å². The van der Waals surface area contributed by atoms with Gasteiger partial charge < -0.3 is 10.1 Å². The maximum Gasteiger partial charge on any atom is 0.0478 e. The van der Waals surface area contributed by atoms with Crippen LogP contribution < -0.4 is 5.32 Å². The summed E-state index contributed by atoms with van der Waals surface area (Å²) in [6, 6.07) is 0. The van der Waals surface area contributed by atoms with Gasteiger partial charge in [0, 0.05) is 13.2 Å². The van der Waals surface area contributed by atoms with E-state index in [9.17, 15) is 0 Å². The van der Waals surface area contributed by atoms with Gasteiger partial charge in [0.05, 0.1) is 0 Å². The molecule has 0 aliphatic heterocycles. The number of rotatable bonds is 9. The summed E-state index contributed by atoms with van der Waals surface area (Å²) in [4.78, 5) is 0. The molecule has 0 amide bonds. The molecule has 1 saturated carbocycles. The van der Waals surface area contributed by atoms with Crippen LogP contribution in [0.15, 0.2) is 12.2 Å². The second kappa shape index (κ2) is 7.17. The molecule has 2 nitrogen and oxygen atoms in total. The quantitative estimate of drug-likeness (QED) is 0.492. The van der Waals surface area contributed by atoms with E-state index in [0.717, 1.165) is 43.9 Å². The fourth-order valence-corrected chi connectivity index (χ4v) is 3.06. The van der Waals surface area contributed by atoms with Crippen LogP contribution in [0.1, 0.15) is 39.0 Å². The molecule has 2 heteroatoms. The van der Waals surface area contributed by atoms with Gasteiger partial charge in [0.25, 0.3) is 0 Å². The molecule has 0 saturated heterocycles. The standard InChI is InChI=1S/C15H27NO/c1-2-3-8-17-9-4-7-16-12-15-11-13-5-6-14(15)10-13/h5-6,13-16H,2-4,7-12H2,1H3. The summed E-state index contributed by atoms with van der Waals surface area (Å²) in [6.45, 7) is 6.39. The number of fused-ring (bicyclic) bond motifs is 2. The highest BCUT2D eigenvalue weighted by atomic mass is 16.5. The first-order valence-corrected chi connectivity index (χ1v) is 7.37. The van der Waals surface area contributed by atoms with Crippen molar-refractivity contribution in [3.8, 4) is 0 Å². The highest BCUT2D eigenvalue weighted by Gasteiger charge is 2.34. The lowest BCUT2D eigenvalue weighted by molar-refractivity contribution is 0.128. The van der Waals surface area contributed by atoms with Crippen molar-refractivity contribution in [1.29, 1.82) is 0 Å². The van der Waals surface area contributed by atoms with Gasteiger partial charge >= 0.3 is 0 Å². The molecule has 2 rings (SSSR count). The van der Waals surface area contributed by atoms with Crippen LogP contribution in [0.3, 0.4) is 0 Å². The number of nitrogens with one attached hydrogen (secondary N) is 1. The second-order valence-electron chi connectivity index (χ2n) is 5.56. The molecule has 0 aromatic carbocycles. The van der Waals surface area contributed by atoms with E-state index in [4.69, 9.17) is 4.74 Å². The van der Waals surface area contributed by atoms with E-state index in [-0.39, 0.29) is 0 Å². The number of hydrogen-bond acceptors (Lipinski definition) is 2. The van der Waals surface area contributed by atoms with Crippen LogP contribution in [0.2, 0.25) is 0 Å². The Bertz CT molecular complexity index is 239. The first-order valence-electron chi connectivity index (χ1n) is 7.37. The topological polar surface area (TPSA) is 21.3 Å². The molecule has 2 bridgehead atoms. The van der Waals surface area contributed by atoms with Crippen LogP contribution in [0.5, 0.6) is 0 Å². The molecule has 0 aromatic heterocycles. The van der Waals surface area contributed by atoms with Crippen molar-refractivity contribution in [2.45, 2.75) is 39.0 Å². The number of hydrogen-bond donors (Lipinski definition) is 1. The minimum Gasteiger partial charge on any atom is -0.381 e. The van der Waals surface area contributed by atoms with Crippen LogP contribution in [-0.4, -0.2) is 26.3 Å². The van der Waals surface area contributed by atoms with Gasteiger partial charge in [-0.3, -0.25) is 0 Å². The van der Waals surface area contributed by atoms with Gasteiger partial charge in [0.2, 0.25) is 0 Å². The third kappa shape index (κ3) is 4.11. The van der Waals surface area contributed by atoms with Crippen molar-refractivity contribution in [3.63, 3.8) is 0 Å². The van der Waals surface area contributed by atoms with E-state index >= 15 is 0 Å². The van der Waals surface area contributed by atoms with Crippen LogP contribution in [-0.2, 0) is 4.74 Å². The Hall–Kier alpha value is -0.340. The smallest absolute Gasteiger partial charge is 0.0478 e. The van der Waals surface area contributed by atoms with E-state index in [0.29, 0.717) is 0 Å². The Morgan fingerprint density at radius 3 is 2.76 bits per heavy atom. The zero-order chi connectivity index (χ0) is 11.9. The monoisotopic (exact) mass is 237 g/mol. The molecule has 1 fully saturated rings. The van der Waals surface area contributed by atoms with Gasteiger partial charge in [0.15, 0.2) is 0 Å². The molecule has 0 heterocycles. The van der Waals surface area contributed by atoms with Crippen molar-refractivity contribution in [2.24, 2.45) is 17.8 Å². The van der Waals surface area contributed by atoms with Crippen molar-refractivity contribution < 1.29 is 4.74 Å². The molecular weight excluding hydrogens is 210 g/mol. The minimum atomic E-state index is 0.883. The molecule has 1 N–H and O–H groups in total. The summed E-state index contributed by atoms with van der Waals surface area (Å²) in [5, 5.41) is 3.59. The van der Waals surface area contributed by atoms with Crippen molar-refractivity contribution in [1.82, 2.24) is 5.32 Å². The zero-order valence-electron chi connectivity index (χ0n) is 11.2. The van der Waals surface area contributed by atoms with E-state index in [1.807, 2.05) is 0 Å². The Labute approximate surface area is 106 Å². The van der Waals surface area contributed by atoms with Gasteiger partial charge in [-0.15, -0.1) is 0 Å². The average Bonchev–Trinajstić information content (AvgIpc) is 2.94. The molecule has 2 aliphatic carbocycles. The van der Waals surface area contributed by atoms with Gasteiger partial charge in [0.1, 0.15) is 0 Å². The van der Waals surface area contributed by atoms with Gasteiger partial charge in [-0.2, -0.15) is 0 Å². The first kappa shape index (κ1) is 13.1. The summed E-state index contributed by atoms with van der Waals surface area (Å²) in [5.74, 6) is 2.70. The van der Waals surface area contributed by atoms with Crippen molar-refractivity contribution in [2.75, 3.05) is 26.3 Å². The number of ether oxygens (including phenoxy) is 1. The summed E-state index contributed by atoms with van der Waals surface area (Å²) in [6.07, 6.45) is 11.3. The molecule has 3 atom stereocenters. The van der Waals surface area contributed by atoms with Gasteiger partial charge in [-0.1, -0.05) is 25.5 Å². The molecule has 2 aliphatic rings. The van der Waals surface area contributed by atoms with E-state index < -0.39 is 0 Å². The zero-order valence-corrected chi connectivity index (χ0v) is 11.2. The Morgan fingerprint density at radius 2 is 2.06 bits per heavy atom. The van der Waals surface area contributed by atoms with Crippen LogP contribution in [0.25, 0.3) is 0 Å². The van der Waals surface area contributed by atoms with Crippen LogP contribution in [0.4, 0.5) is 0 Å². The highest BCUT2D eigenvalue weighted by molar-refractivity contribution is 5.10. The van der Waals surface area contributed by atoms with E-state index in [2.05, 4.69) is 24.4 Å². The predicted octanol–water partition coefficient (Wildman–Crippen LogP) is 3.00. The fourth-order valence-electron chi connectivity index (χ4n) is 3.06. The fraction of sp³-hybridized carbons (Fsp3) is 0.867. The molecule has 0 spiro atoms. The summed E-state index contributed by atoms with van der Waals surface area (Å²) >= 11 is 0. The normalized spacial score (nSPS) is 30.3. The molecule has 0 aromatic rings. The Kier molecular flexibility index (Phi) is 5.53. The summed E-state index contributed by atoms with van der Waals surface area (Å²) in [5.41, 5.74) is 0. The van der Waals surface area contributed by atoms with E-state index in [1.54, 1.807) is 0 Å². The highest BCUT2D eigenvalue weighted by Crippen LogP contribution is 2.42.